The molecule has 2 heteroatoms. The van der Waals surface area contributed by atoms with Crippen molar-refractivity contribution in [3.05, 3.63) is 35.4 Å². The Bertz CT molecular complexity index is 339. The van der Waals surface area contributed by atoms with Crippen molar-refractivity contribution in [3.8, 4) is 0 Å². The minimum Gasteiger partial charge on any atom is -0.230 e. The van der Waals surface area contributed by atoms with Gasteiger partial charge in [-0.1, -0.05) is 24.3 Å². The van der Waals surface area contributed by atoms with Crippen LogP contribution in [0.15, 0.2) is 24.3 Å². The van der Waals surface area contributed by atoms with Crippen LogP contribution in [-0.4, -0.2) is 5.60 Å². The zero-order valence-electron chi connectivity index (χ0n) is 9.62. The maximum atomic E-state index is 5.49. The van der Waals surface area contributed by atoms with Gasteiger partial charge in [-0.3, -0.25) is 0 Å². The molecule has 0 aromatic heterocycles. The lowest BCUT2D eigenvalue weighted by Gasteiger charge is -2.21. The number of hydrogen-bond acceptors (Lipinski definition) is 2. The van der Waals surface area contributed by atoms with Gasteiger partial charge in [0.25, 0.3) is 0 Å². The second-order valence-electron chi connectivity index (χ2n) is 5.02. The molecule has 82 valence electrons. The Hall–Kier alpha value is -0.860. The molecular weight excluding hydrogens is 188 g/mol. The van der Waals surface area contributed by atoms with E-state index in [1.165, 1.54) is 11.1 Å². The van der Waals surface area contributed by atoms with Crippen molar-refractivity contribution in [2.75, 3.05) is 0 Å². The van der Waals surface area contributed by atoms with Gasteiger partial charge in [0.2, 0.25) is 0 Å². The highest BCUT2D eigenvalue weighted by molar-refractivity contribution is 5.33. The van der Waals surface area contributed by atoms with E-state index in [2.05, 4.69) is 24.3 Å². The van der Waals surface area contributed by atoms with Crippen LogP contribution in [0.25, 0.3) is 0 Å². The average molecular weight is 206 g/mol. The minimum atomic E-state index is -0.239. The third-order valence-electron chi connectivity index (χ3n) is 2.49. The number of benzene rings is 1. The van der Waals surface area contributed by atoms with Crippen molar-refractivity contribution in [1.82, 2.24) is 0 Å². The number of hydrogen-bond donors (Lipinski definition) is 0. The van der Waals surface area contributed by atoms with E-state index < -0.39 is 0 Å². The number of rotatable bonds is 2. The molecule has 0 radical (unpaired) electrons. The van der Waals surface area contributed by atoms with E-state index >= 15 is 0 Å². The summed E-state index contributed by atoms with van der Waals surface area (Å²) in [7, 11) is 0. The van der Waals surface area contributed by atoms with Crippen LogP contribution in [0.1, 0.15) is 44.4 Å². The molecule has 15 heavy (non-hydrogen) atoms. The van der Waals surface area contributed by atoms with Crippen molar-refractivity contribution < 1.29 is 9.78 Å². The smallest absolute Gasteiger partial charge is 0.119 e. The Labute approximate surface area is 91.1 Å². The molecule has 0 amide bonds. The van der Waals surface area contributed by atoms with Gasteiger partial charge in [-0.05, 0) is 44.7 Å². The molecule has 0 saturated carbocycles. The highest BCUT2D eigenvalue weighted by Crippen LogP contribution is 2.34. The molecule has 1 unspecified atom stereocenters. The summed E-state index contributed by atoms with van der Waals surface area (Å²) in [6.45, 7) is 5.98. The molecule has 1 aliphatic carbocycles. The van der Waals surface area contributed by atoms with Gasteiger partial charge in [0, 0.05) is 0 Å². The third kappa shape index (κ3) is 2.58. The predicted molar refractivity (Wildman–Crippen MR) is 59.4 cm³/mol. The van der Waals surface area contributed by atoms with Crippen LogP contribution in [0.2, 0.25) is 0 Å². The lowest BCUT2D eigenvalue weighted by Crippen LogP contribution is -2.20. The first-order chi connectivity index (χ1) is 7.06. The van der Waals surface area contributed by atoms with E-state index in [0.717, 1.165) is 12.8 Å². The Morgan fingerprint density at radius 3 is 2.67 bits per heavy atom. The summed E-state index contributed by atoms with van der Waals surface area (Å²) in [5, 5.41) is 0. The van der Waals surface area contributed by atoms with E-state index in [1.807, 2.05) is 20.8 Å². The Morgan fingerprint density at radius 2 is 1.93 bits per heavy atom. The van der Waals surface area contributed by atoms with Crippen LogP contribution in [0.4, 0.5) is 0 Å². The fourth-order valence-corrected chi connectivity index (χ4v) is 1.82. The van der Waals surface area contributed by atoms with Crippen molar-refractivity contribution in [2.45, 2.75) is 45.3 Å². The zero-order valence-corrected chi connectivity index (χ0v) is 9.62. The minimum absolute atomic E-state index is 0.112. The summed E-state index contributed by atoms with van der Waals surface area (Å²) < 4.78 is 0. The molecule has 1 aliphatic rings. The number of aryl methyl sites for hydroxylation is 1. The molecule has 0 fully saturated rings. The van der Waals surface area contributed by atoms with Gasteiger partial charge < -0.3 is 0 Å². The van der Waals surface area contributed by atoms with E-state index in [4.69, 9.17) is 9.78 Å². The van der Waals surface area contributed by atoms with Gasteiger partial charge in [-0.2, -0.15) is 0 Å². The summed E-state index contributed by atoms with van der Waals surface area (Å²) in [6.07, 6.45) is 2.23. The molecule has 1 aromatic rings. The normalized spacial score (nSPS) is 20.3. The maximum absolute atomic E-state index is 5.49. The lowest BCUT2D eigenvalue weighted by atomic mass is 10.1. The summed E-state index contributed by atoms with van der Waals surface area (Å²) in [4.78, 5) is 10.9. The van der Waals surface area contributed by atoms with Crippen LogP contribution in [-0.2, 0) is 16.2 Å². The van der Waals surface area contributed by atoms with E-state index in [1.54, 1.807) is 0 Å². The Balaban J connectivity index is 2.02. The van der Waals surface area contributed by atoms with Gasteiger partial charge in [0.1, 0.15) is 6.10 Å². The molecule has 1 atom stereocenters. The van der Waals surface area contributed by atoms with E-state index in [9.17, 15) is 0 Å². The largest absolute Gasteiger partial charge is 0.230 e. The highest BCUT2D eigenvalue weighted by atomic mass is 17.2. The number of fused-ring (bicyclic) bond motifs is 1. The van der Waals surface area contributed by atoms with Crippen LogP contribution in [0.3, 0.4) is 0 Å². The molecule has 0 spiro atoms. The molecular formula is C13H18O2. The molecule has 0 saturated heterocycles. The van der Waals surface area contributed by atoms with Crippen molar-refractivity contribution in [3.63, 3.8) is 0 Å². The quantitative estimate of drug-likeness (QED) is 0.545. The topological polar surface area (TPSA) is 18.5 Å². The van der Waals surface area contributed by atoms with E-state index in [0.29, 0.717) is 0 Å². The van der Waals surface area contributed by atoms with Crippen LogP contribution < -0.4 is 0 Å². The highest BCUT2D eigenvalue weighted by Gasteiger charge is 2.25. The zero-order chi connectivity index (χ0) is 10.9. The standard InChI is InChI=1S/C13H18O2/c1-13(2,3)15-14-12-9-8-10-6-4-5-7-11(10)12/h4-7,12H,8-9H2,1-3H3. The van der Waals surface area contributed by atoms with Crippen molar-refractivity contribution in [1.29, 1.82) is 0 Å². The summed E-state index contributed by atoms with van der Waals surface area (Å²) in [5.74, 6) is 0. The van der Waals surface area contributed by atoms with Crippen LogP contribution in [0.5, 0.6) is 0 Å². The Kier molecular flexibility index (Phi) is 2.81. The monoisotopic (exact) mass is 206 g/mol. The fourth-order valence-electron chi connectivity index (χ4n) is 1.82. The molecule has 2 rings (SSSR count). The summed E-state index contributed by atoms with van der Waals surface area (Å²) >= 11 is 0. The average Bonchev–Trinajstić information content (AvgIpc) is 2.57. The predicted octanol–water partition coefficient (Wildman–Crippen LogP) is 3.42. The second-order valence-corrected chi connectivity index (χ2v) is 5.02. The molecule has 1 aromatic carbocycles. The van der Waals surface area contributed by atoms with Gasteiger partial charge in [0.15, 0.2) is 0 Å². The van der Waals surface area contributed by atoms with Gasteiger partial charge in [-0.15, -0.1) is 0 Å². The van der Waals surface area contributed by atoms with Gasteiger partial charge in [0.05, 0.1) is 5.60 Å². The van der Waals surface area contributed by atoms with Gasteiger partial charge in [-0.25, -0.2) is 9.78 Å². The first-order valence-electron chi connectivity index (χ1n) is 5.48. The first-order valence-corrected chi connectivity index (χ1v) is 5.48. The van der Waals surface area contributed by atoms with E-state index in [-0.39, 0.29) is 11.7 Å². The molecule has 0 bridgehead atoms. The summed E-state index contributed by atoms with van der Waals surface area (Å²) in [5.41, 5.74) is 2.43. The maximum Gasteiger partial charge on any atom is 0.119 e. The van der Waals surface area contributed by atoms with Crippen molar-refractivity contribution in [2.24, 2.45) is 0 Å². The second kappa shape index (κ2) is 3.95. The molecule has 0 heterocycles. The van der Waals surface area contributed by atoms with Crippen LogP contribution >= 0.6 is 0 Å². The third-order valence-corrected chi connectivity index (χ3v) is 2.49. The molecule has 2 nitrogen and oxygen atoms in total. The molecule has 0 aliphatic heterocycles. The first kappa shape index (κ1) is 10.7. The van der Waals surface area contributed by atoms with Gasteiger partial charge >= 0.3 is 0 Å². The lowest BCUT2D eigenvalue weighted by molar-refractivity contribution is -0.375. The Morgan fingerprint density at radius 1 is 1.20 bits per heavy atom. The summed E-state index contributed by atoms with van der Waals surface area (Å²) in [6, 6.07) is 8.41. The van der Waals surface area contributed by atoms with Crippen molar-refractivity contribution >= 4 is 0 Å². The molecule has 0 N–H and O–H groups in total. The SMILES string of the molecule is CC(C)(C)OOC1CCc2ccccc21. The van der Waals surface area contributed by atoms with Crippen LogP contribution in [0, 0.1) is 0 Å². The fraction of sp³-hybridized carbons (Fsp3) is 0.538.